The number of nitrogens with one attached hydrogen (secondary N) is 2. The second-order valence-electron chi connectivity index (χ2n) is 6.88. The molecule has 1 heterocycles. The minimum Gasteiger partial charge on any atom is -0.497 e. The molecule has 1 aliphatic rings. The molecule has 0 amide bonds. The van der Waals surface area contributed by atoms with Crippen LogP contribution in [0.3, 0.4) is 0 Å². The van der Waals surface area contributed by atoms with Gasteiger partial charge in [-0.2, -0.15) is 0 Å². The lowest BCUT2D eigenvalue weighted by Gasteiger charge is -2.30. The van der Waals surface area contributed by atoms with Crippen molar-refractivity contribution in [2.45, 2.75) is 13.1 Å². The Balaban J connectivity index is 1.53. The standard InChI is InChI=1S/C21H28N2O3/c1-24-19-6-4-17(5-7-19)15-22-10-12-23(13-11-22)16-18-14-20(25-2)8-9-21(18)26-3/h4-9,14H,10-13,15-16H2,1-3H3/p+2. The van der Waals surface area contributed by atoms with Crippen LogP contribution in [0, 0.1) is 0 Å². The van der Waals surface area contributed by atoms with Crippen molar-refractivity contribution < 1.29 is 24.0 Å². The molecule has 0 unspecified atom stereocenters. The Morgan fingerprint density at radius 2 is 1.27 bits per heavy atom. The Bertz CT molecular complexity index is 695. The van der Waals surface area contributed by atoms with Crippen LogP contribution in [0.15, 0.2) is 42.5 Å². The number of hydrogen-bond donors (Lipinski definition) is 2. The lowest BCUT2D eigenvalue weighted by Crippen LogP contribution is -3.27. The van der Waals surface area contributed by atoms with Gasteiger partial charge >= 0.3 is 0 Å². The molecule has 0 atom stereocenters. The monoisotopic (exact) mass is 358 g/mol. The minimum atomic E-state index is 0.893. The van der Waals surface area contributed by atoms with Crippen LogP contribution in [0.4, 0.5) is 0 Å². The Hall–Kier alpha value is -2.24. The molecule has 1 fully saturated rings. The first-order valence-electron chi connectivity index (χ1n) is 9.22. The molecule has 5 nitrogen and oxygen atoms in total. The van der Waals surface area contributed by atoms with Gasteiger partial charge in [0.2, 0.25) is 0 Å². The van der Waals surface area contributed by atoms with Gasteiger partial charge in [-0.1, -0.05) is 0 Å². The number of piperazine rings is 1. The van der Waals surface area contributed by atoms with Crippen molar-refractivity contribution in [2.75, 3.05) is 47.5 Å². The molecule has 0 spiro atoms. The molecule has 5 heteroatoms. The molecule has 3 rings (SSSR count). The summed E-state index contributed by atoms with van der Waals surface area (Å²) < 4.78 is 16.1. The van der Waals surface area contributed by atoms with Gasteiger partial charge in [-0.25, -0.2) is 0 Å². The van der Waals surface area contributed by atoms with Crippen molar-refractivity contribution in [3.8, 4) is 17.2 Å². The molecule has 2 aromatic rings. The zero-order valence-corrected chi connectivity index (χ0v) is 16.0. The van der Waals surface area contributed by atoms with Crippen molar-refractivity contribution in [1.29, 1.82) is 0 Å². The lowest BCUT2D eigenvalue weighted by molar-refractivity contribution is -1.02. The molecule has 1 aliphatic heterocycles. The first-order chi connectivity index (χ1) is 12.7. The van der Waals surface area contributed by atoms with E-state index < -0.39 is 0 Å². The topological polar surface area (TPSA) is 36.6 Å². The van der Waals surface area contributed by atoms with Crippen molar-refractivity contribution in [3.63, 3.8) is 0 Å². The smallest absolute Gasteiger partial charge is 0.127 e. The number of quaternary nitrogens is 2. The van der Waals surface area contributed by atoms with E-state index in [1.54, 1.807) is 31.1 Å². The summed E-state index contributed by atoms with van der Waals surface area (Å²) >= 11 is 0. The van der Waals surface area contributed by atoms with Crippen LogP contribution >= 0.6 is 0 Å². The molecule has 0 aliphatic carbocycles. The summed E-state index contributed by atoms with van der Waals surface area (Å²) in [7, 11) is 5.15. The highest BCUT2D eigenvalue weighted by Gasteiger charge is 2.24. The number of rotatable bonds is 7. The fourth-order valence-corrected chi connectivity index (χ4v) is 3.63. The van der Waals surface area contributed by atoms with Crippen LogP contribution in [-0.4, -0.2) is 47.5 Å². The fourth-order valence-electron chi connectivity index (χ4n) is 3.63. The van der Waals surface area contributed by atoms with E-state index in [4.69, 9.17) is 14.2 Å². The van der Waals surface area contributed by atoms with Gasteiger partial charge in [0.15, 0.2) is 0 Å². The molecule has 0 saturated carbocycles. The zero-order chi connectivity index (χ0) is 18.4. The zero-order valence-electron chi connectivity index (χ0n) is 16.0. The molecule has 140 valence electrons. The normalized spacial score (nSPS) is 19.8. The minimum absolute atomic E-state index is 0.893. The summed E-state index contributed by atoms with van der Waals surface area (Å²) in [5, 5.41) is 0. The van der Waals surface area contributed by atoms with E-state index >= 15 is 0 Å². The van der Waals surface area contributed by atoms with E-state index in [0.717, 1.165) is 30.3 Å². The molecular formula is C21H30N2O3+2. The highest BCUT2D eigenvalue weighted by Crippen LogP contribution is 2.23. The van der Waals surface area contributed by atoms with Crippen LogP contribution in [0.5, 0.6) is 17.2 Å². The van der Waals surface area contributed by atoms with E-state index in [2.05, 4.69) is 18.2 Å². The maximum atomic E-state index is 5.52. The average Bonchev–Trinajstić information content (AvgIpc) is 2.70. The largest absolute Gasteiger partial charge is 0.497 e. The number of ether oxygens (including phenoxy) is 3. The van der Waals surface area contributed by atoms with Crippen molar-refractivity contribution in [2.24, 2.45) is 0 Å². The summed E-state index contributed by atoms with van der Waals surface area (Å²) in [6.07, 6.45) is 0. The molecule has 1 saturated heterocycles. The molecule has 2 aromatic carbocycles. The Morgan fingerprint density at radius 1 is 0.692 bits per heavy atom. The van der Waals surface area contributed by atoms with E-state index in [-0.39, 0.29) is 0 Å². The van der Waals surface area contributed by atoms with E-state index in [1.807, 2.05) is 24.3 Å². The molecule has 0 bridgehead atoms. The van der Waals surface area contributed by atoms with Crippen molar-refractivity contribution >= 4 is 0 Å². The fraction of sp³-hybridized carbons (Fsp3) is 0.429. The summed E-state index contributed by atoms with van der Waals surface area (Å²) in [5.74, 6) is 2.76. The lowest BCUT2D eigenvalue weighted by atomic mass is 10.1. The number of benzene rings is 2. The molecule has 0 radical (unpaired) electrons. The van der Waals surface area contributed by atoms with Crippen LogP contribution in [-0.2, 0) is 13.1 Å². The van der Waals surface area contributed by atoms with Crippen LogP contribution in [0.2, 0.25) is 0 Å². The first kappa shape index (κ1) is 18.5. The SMILES string of the molecule is COc1ccc(C[NH+]2CC[NH+](Cc3cc(OC)ccc3OC)CC2)cc1. The molecule has 26 heavy (non-hydrogen) atoms. The number of hydrogen-bond acceptors (Lipinski definition) is 3. The predicted octanol–water partition coefficient (Wildman–Crippen LogP) is 0.196. The first-order valence-corrected chi connectivity index (χ1v) is 9.22. The van der Waals surface area contributed by atoms with Crippen LogP contribution < -0.4 is 24.0 Å². The van der Waals surface area contributed by atoms with Crippen molar-refractivity contribution in [3.05, 3.63) is 53.6 Å². The third-order valence-corrected chi connectivity index (χ3v) is 5.21. The van der Waals surface area contributed by atoms with Gasteiger partial charge in [0, 0.05) is 5.56 Å². The van der Waals surface area contributed by atoms with Gasteiger partial charge in [-0.05, 0) is 42.5 Å². The van der Waals surface area contributed by atoms with Gasteiger partial charge in [0.1, 0.15) is 56.5 Å². The highest BCUT2D eigenvalue weighted by molar-refractivity contribution is 5.39. The molecular weight excluding hydrogens is 328 g/mol. The van der Waals surface area contributed by atoms with E-state index in [9.17, 15) is 0 Å². The summed E-state index contributed by atoms with van der Waals surface area (Å²) in [6.45, 7) is 6.79. The van der Waals surface area contributed by atoms with Crippen LogP contribution in [0.25, 0.3) is 0 Å². The van der Waals surface area contributed by atoms with Gasteiger partial charge < -0.3 is 24.0 Å². The van der Waals surface area contributed by atoms with E-state index in [1.165, 1.54) is 37.3 Å². The second kappa shape index (κ2) is 8.92. The van der Waals surface area contributed by atoms with Gasteiger partial charge in [-0.15, -0.1) is 0 Å². The van der Waals surface area contributed by atoms with Gasteiger partial charge in [0.25, 0.3) is 0 Å². The third kappa shape index (κ3) is 4.68. The highest BCUT2D eigenvalue weighted by atomic mass is 16.5. The molecule has 2 N–H and O–H groups in total. The van der Waals surface area contributed by atoms with Gasteiger partial charge in [-0.3, -0.25) is 0 Å². The van der Waals surface area contributed by atoms with Gasteiger partial charge in [0.05, 0.1) is 26.9 Å². The summed E-state index contributed by atoms with van der Waals surface area (Å²) in [5.41, 5.74) is 2.60. The second-order valence-corrected chi connectivity index (χ2v) is 6.88. The van der Waals surface area contributed by atoms with Crippen molar-refractivity contribution in [1.82, 2.24) is 0 Å². The Kier molecular flexibility index (Phi) is 6.36. The third-order valence-electron chi connectivity index (χ3n) is 5.21. The maximum absolute atomic E-state index is 5.52. The Morgan fingerprint density at radius 3 is 1.85 bits per heavy atom. The summed E-state index contributed by atoms with van der Waals surface area (Å²) in [4.78, 5) is 3.26. The average molecular weight is 358 g/mol. The quantitative estimate of drug-likeness (QED) is 0.742. The summed E-state index contributed by atoms with van der Waals surface area (Å²) in [6, 6.07) is 14.5. The molecule has 0 aromatic heterocycles. The maximum Gasteiger partial charge on any atom is 0.127 e. The van der Waals surface area contributed by atoms with E-state index in [0.29, 0.717) is 0 Å². The van der Waals surface area contributed by atoms with Crippen LogP contribution in [0.1, 0.15) is 11.1 Å². The Labute approximate surface area is 156 Å². The predicted molar refractivity (Wildman–Crippen MR) is 101 cm³/mol. The number of methoxy groups -OCH3 is 3.